The zero-order valence-corrected chi connectivity index (χ0v) is 11.1. The molecule has 0 unspecified atom stereocenters. The molecular weight excluding hydrogens is 231 g/mol. The molecule has 6 heteroatoms. The Morgan fingerprint density at radius 3 is 2.25 bits per heavy atom. The summed E-state index contributed by atoms with van der Waals surface area (Å²) in [4.78, 5) is 11.3. The number of unbranched alkanes of at least 4 members (excludes halogenated alkanes) is 3. The molecule has 0 aliphatic carbocycles. The highest BCUT2D eigenvalue weighted by Crippen LogP contribution is 2.47. The average molecular weight is 252 g/mol. The number of ketones is 1. The fraction of sp³-hybridized carbons (Fsp3) is 0.900. The smallest absolute Gasteiger partial charge is 0.297 e. The van der Waals surface area contributed by atoms with Gasteiger partial charge in [-0.2, -0.15) is 0 Å². The van der Waals surface area contributed by atoms with Crippen LogP contribution in [-0.4, -0.2) is 26.6 Å². The van der Waals surface area contributed by atoms with E-state index in [0.717, 1.165) is 25.7 Å². The Morgan fingerprint density at radius 2 is 1.75 bits per heavy atom. The molecule has 0 saturated carbocycles. The number of carbonyl (C=O) groups is 1. The number of hydrogen-bond acceptors (Lipinski definition) is 5. The van der Waals surface area contributed by atoms with Crippen LogP contribution in [-0.2, 0) is 22.9 Å². The molecule has 0 aliphatic heterocycles. The Bertz CT molecular complexity index is 233. The minimum Gasteiger partial charge on any atom is -0.297 e. The average Bonchev–Trinajstić information content (AvgIpc) is 2.31. The summed E-state index contributed by atoms with van der Waals surface area (Å²) in [6, 6.07) is 0. The highest BCUT2D eigenvalue weighted by atomic mass is 31.2. The van der Waals surface area contributed by atoms with Crippen molar-refractivity contribution in [3.63, 3.8) is 0 Å². The molecule has 0 aliphatic rings. The summed E-state index contributed by atoms with van der Waals surface area (Å²) in [5.74, 6) is -0.0783. The normalized spacial score (nSPS) is 11.7. The van der Waals surface area contributed by atoms with E-state index in [0.29, 0.717) is 6.42 Å². The molecule has 0 amide bonds. The van der Waals surface area contributed by atoms with Crippen LogP contribution in [0.15, 0.2) is 0 Å². The minimum absolute atomic E-state index is 0.0783. The summed E-state index contributed by atoms with van der Waals surface area (Å²) < 4.78 is 25.3. The van der Waals surface area contributed by atoms with Gasteiger partial charge in [0.25, 0.3) is 0 Å². The molecule has 0 radical (unpaired) electrons. The number of hydrogen-bond donors (Lipinski definition) is 0. The molecule has 0 rings (SSSR count). The van der Waals surface area contributed by atoms with Crippen LogP contribution < -0.4 is 0 Å². The molecule has 0 N–H and O–H groups in total. The van der Waals surface area contributed by atoms with Crippen LogP contribution in [0.5, 0.6) is 0 Å². The number of carbonyl (C=O) groups excluding carboxylic acids is 1. The van der Waals surface area contributed by atoms with Crippen molar-refractivity contribution in [3.05, 3.63) is 0 Å². The van der Waals surface area contributed by atoms with E-state index in [1.54, 1.807) is 0 Å². The molecule has 96 valence electrons. The first-order valence-electron chi connectivity index (χ1n) is 5.45. The maximum absolute atomic E-state index is 11.4. The Kier molecular flexibility index (Phi) is 8.76. The molecule has 0 aromatic rings. The second-order valence-corrected chi connectivity index (χ2v) is 5.32. The molecule has 0 aromatic carbocycles. The second-order valence-electron chi connectivity index (χ2n) is 3.44. The molecule has 0 atom stereocenters. The monoisotopic (exact) mass is 252 g/mol. The summed E-state index contributed by atoms with van der Waals surface area (Å²) in [6.07, 6.45) is 4.60. The maximum atomic E-state index is 11.4. The van der Waals surface area contributed by atoms with Crippen molar-refractivity contribution in [3.8, 4) is 0 Å². The minimum atomic E-state index is -3.50. The van der Waals surface area contributed by atoms with Crippen molar-refractivity contribution < 1.29 is 22.9 Å². The van der Waals surface area contributed by atoms with Gasteiger partial charge in [-0.05, 0) is 6.42 Å². The largest absolute Gasteiger partial charge is 0.474 e. The van der Waals surface area contributed by atoms with Crippen molar-refractivity contribution in [2.75, 3.05) is 20.8 Å². The number of phosphoric ester groups is 1. The first-order valence-corrected chi connectivity index (χ1v) is 6.91. The van der Waals surface area contributed by atoms with Crippen LogP contribution in [0, 0.1) is 0 Å². The summed E-state index contributed by atoms with van der Waals surface area (Å²) >= 11 is 0. The molecule has 16 heavy (non-hydrogen) atoms. The molecule has 0 spiro atoms. The van der Waals surface area contributed by atoms with Gasteiger partial charge in [-0.25, -0.2) is 4.57 Å². The highest BCUT2D eigenvalue weighted by molar-refractivity contribution is 7.48. The van der Waals surface area contributed by atoms with Gasteiger partial charge in [0.1, 0.15) is 6.61 Å². The lowest BCUT2D eigenvalue weighted by Crippen LogP contribution is -2.08. The van der Waals surface area contributed by atoms with E-state index in [-0.39, 0.29) is 12.4 Å². The lowest BCUT2D eigenvalue weighted by Gasteiger charge is -2.12. The van der Waals surface area contributed by atoms with Crippen molar-refractivity contribution in [1.29, 1.82) is 0 Å². The van der Waals surface area contributed by atoms with E-state index in [2.05, 4.69) is 16.0 Å². The van der Waals surface area contributed by atoms with Crippen molar-refractivity contribution >= 4 is 13.6 Å². The molecule has 0 fully saturated rings. The fourth-order valence-electron chi connectivity index (χ4n) is 1.15. The zero-order valence-electron chi connectivity index (χ0n) is 10.2. The molecule has 0 heterocycles. The summed E-state index contributed by atoms with van der Waals surface area (Å²) in [6.45, 7) is 1.89. The predicted octanol–water partition coefficient (Wildman–Crippen LogP) is 2.94. The maximum Gasteiger partial charge on any atom is 0.474 e. The Hall–Kier alpha value is -0.220. The Morgan fingerprint density at radius 1 is 1.12 bits per heavy atom. The summed E-state index contributed by atoms with van der Waals surface area (Å²) in [5, 5.41) is 0. The van der Waals surface area contributed by atoms with Gasteiger partial charge in [-0.3, -0.25) is 18.4 Å². The number of Topliss-reactive ketones (excluding diaryl/α,β-unsaturated/α-hetero) is 1. The fourth-order valence-corrected chi connectivity index (χ4v) is 1.81. The van der Waals surface area contributed by atoms with Gasteiger partial charge in [0.2, 0.25) is 0 Å². The van der Waals surface area contributed by atoms with E-state index in [1.165, 1.54) is 14.2 Å². The lowest BCUT2D eigenvalue weighted by atomic mass is 10.1. The first kappa shape index (κ1) is 15.8. The van der Waals surface area contributed by atoms with Crippen LogP contribution in [0.2, 0.25) is 0 Å². The van der Waals surface area contributed by atoms with Crippen molar-refractivity contribution in [2.24, 2.45) is 0 Å². The highest BCUT2D eigenvalue weighted by Gasteiger charge is 2.23. The van der Waals surface area contributed by atoms with Gasteiger partial charge in [0.15, 0.2) is 5.78 Å². The van der Waals surface area contributed by atoms with Gasteiger partial charge in [0.05, 0.1) is 0 Å². The Labute approximate surface area is 97.1 Å². The Balaban J connectivity index is 3.68. The molecule has 0 bridgehead atoms. The van der Waals surface area contributed by atoms with E-state index in [1.807, 2.05) is 0 Å². The first-order chi connectivity index (χ1) is 7.58. The van der Waals surface area contributed by atoms with Gasteiger partial charge >= 0.3 is 7.82 Å². The van der Waals surface area contributed by atoms with Crippen molar-refractivity contribution in [2.45, 2.75) is 39.0 Å². The molecular formula is C10H21O5P. The topological polar surface area (TPSA) is 61.8 Å². The van der Waals surface area contributed by atoms with Gasteiger partial charge in [-0.1, -0.05) is 26.2 Å². The van der Waals surface area contributed by atoms with E-state index in [4.69, 9.17) is 4.52 Å². The van der Waals surface area contributed by atoms with E-state index in [9.17, 15) is 9.36 Å². The standard InChI is InChI=1S/C10H21O5P/c1-4-5-6-7-8-10(11)9-15-16(12,13-2)14-3/h4-9H2,1-3H3. The third-order valence-electron chi connectivity index (χ3n) is 2.14. The van der Waals surface area contributed by atoms with Gasteiger partial charge < -0.3 is 0 Å². The van der Waals surface area contributed by atoms with Crippen LogP contribution in [0.25, 0.3) is 0 Å². The number of phosphoric acid groups is 1. The molecule has 5 nitrogen and oxygen atoms in total. The van der Waals surface area contributed by atoms with Crippen LogP contribution >= 0.6 is 7.82 Å². The summed E-state index contributed by atoms with van der Waals surface area (Å²) in [5.41, 5.74) is 0. The number of rotatable bonds is 10. The third-order valence-corrected chi connectivity index (χ3v) is 3.48. The van der Waals surface area contributed by atoms with Crippen molar-refractivity contribution in [1.82, 2.24) is 0 Å². The van der Waals surface area contributed by atoms with Crippen LogP contribution in [0.4, 0.5) is 0 Å². The quantitative estimate of drug-likeness (QED) is 0.442. The van der Waals surface area contributed by atoms with E-state index < -0.39 is 7.82 Å². The zero-order chi connectivity index (χ0) is 12.4. The van der Waals surface area contributed by atoms with Gasteiger partial charge in [0, 0.05) is 20.6 Å². The predicted molar refractivity (Wildman–Crippen MR) is 61.3 cm³/mol. The van der Waals surface area contributed by atoms with Crippen LogP contribution in [0.1, 0.15) is 39.0 Å². The van der Waals surface area contributed by atoms with E-state index >= 15 is 0 Å². The lowest BCUT2D eigenvalue weighted by molar-refractivity contribution is -0.121. The second kappa shape index (κ2) is 8.88. The molecule has 0 saturated heterocycles. The van der Waals surface area contributed by atoms with Crippen LogP contribution in [0.3, 0.4) is 0 Å². The molecule has 0 aromatic heterocycles. The van der Waals surface area contributed by atoms with Gasteiger partial charge in [-0.15, -0.1) is 0 Å². The third kappa shape index (κ3) is 7.12. The summed E-state index contributed by atoms with van der Waals surface area (Å²) in [7, 11) is -1.06. The SMILES string of the molecule is CCCCCCC(=O)COP(=O)(OC)OC.